The third-order valence-corrected chi connectivity index (χ3v) is 6.68. The Morgan fingerprint density at radius 1 is 0.962 bits per heavy atom. The molecular formula is C21H39N3O2. The molecule has 5 nitrogen and oxygen atoms in total. The summed E-state index contributed by atoms with van der Waals surface area (Å²) in [6.45, 7) is 4.69. The van der Waals surface area contributed by atoms with Crippen LogP contribution in [0.1, 0.15) is 90.9 Å². The van der Waals surface area contributed by atoms with Crippen molar-refractivity contribution in [2.45, 2.75) is 102 Å². The van der Waals surface area contributed by atoms with Crippen molar-refractivity contribution in [1.29, 1.82) is 0 Å². The van der Waals surface area contributed by atoms with Gasteiger partial charge in [-0.15, -0.1) is 0 Å². The number of nitrogens with two attached hydrogens (primary N) is 1. The van der Waals surface area contributed by atoms with Crippen molar-refractivity contribution in [3.8, 4) is 0 Å². The van der Waals surface area contributed by atoms with Crippen LogP contribution in [0.4, 0.5) is 0 Å². The van der Waals surface area contributed by atoms with Crippen LogP contribution in [0.3, 0.4) is 0 Å². The molecule has 0 radical (unpaired) electrons. The molecule has 0 heterocycles. The number of amides is 2. The summed E-state index contributed by atoms with van der Waals surface area (Å²) >= 11 is 0. The number of nitrogens with one attached hydrogen (secondary N) is 2. The van der Waals surface area contributed by atoms with E-state index < -0.39 is 0 Å². The second kappa shape index (κ2) is 10.3. The molecule has 2 amide bonds. The summed E-state index contributed by atoms with van der Waals surface area (Å²) in [5.41, 5.74) is 5.97. The molecule has 2 fully saturated rings. The van der Waals surface area contributed by atoms with Gasteiger partial charge >= 0.3 is 0 Å². The molecule has 26 heavy (non-hydrogen) atoms. The van der Waals surface area contributed by atoms with Crippen LogP contribution in [0, 0.1) is 11.8 Å². The lowest BCUT2D eigenvalue weighted by molar-refractivity contribution is -0.126. The van der Waals surface area contributed by atoms with Crippen molar-refractivity contribution >= 4 is 11.8 Å². The fourth-order valence-corrected chi connectivity index (χ4v) is 4.35. The molecule has 4 N–H and O–H groups in total. The monoisotopic (exact) mass is 365 g/mol. The van der Waals surface area contributed by atoms with Crippen LogP contribution in [-0.2, 0) is 9.59 Å². The van der Waals surface area contributed by atoms with Gasteiger partial charge in [0.25, 0.3) is 0 Å². The smallest absolute Gasteiger partial charge is 0.223 e. The molecule has 0 aromatic rings. The lowest BCUT2D eigenvalue weighted by atomic mass is 9.84. The van der Waals surface area contributed by atoms with E-state index in [4.69, 9.17) is 5.73 Å². The van der Waals surface area contributed by atoms with Gasteiger partial charge in [-0.05, 0) is 57.3 Å². The van der Waals surface area contributed by atoms with Crippen LogP contribution >= 0.6 is 0 Å². The average Bonchev–Trinajstić information content (AvgIpc) is 2.67. The number of rotatable bonds is 8. The van der Waals surface area contributed by atoms with Crippen molar-refractivity contribution in [3.05, 3.63) is 0 Å². The highest BCUT2D eigenvalue weighted by Gasteiger charge is 2.29. The van der Waals surface area contributed by atoms with E-state index in [-0.39, 0.29) is 29.3 Å². The number of carbonyl (C=O) groups is 2. The Hall–Kier alpha value is -1.10. The first-order valence-electron chi connectivity index (χ1n) is 10.8. The van der Waals surface area contributed by atoms with Gasteiger partial charge in [-0.25, -0.2) is 0 Å². The van der Waals surface area contributed by atoms with E-state index >= 15 is 0 Å². The standard InChI is InChI=1S/C21H39N3O2/c1-3-21(22,4-2)15-23-20(26)17-10-12-18(13-11-17)24-19(25)14-16-8-6-5-7-9-16/h16-18H,3-15,22H2,1-2H3,(H,23,26)(H,24,25). The zero-order valence-corrected chi connectivity index (χ0v) is 16.8. The molecule has 5 heteroatoms. The second-order valence-electron chi connectivity index (χ2n) is 8.61. The maximum Gasteiger partial charge on any atom is 0.223 e. The van der Waals surface area contributed by atoms with Crippen LogP contribution in [0.5, 0.6) is 0 Å². The van der Waals surface area contributed by atoms with E-state index in [1.807, 2.05) is 0 Å². The third kappa shape index (κ3) is 6.57. The van der Waals surface area contributed by atoms with Crippen LogP contribution in [0.25, 0.3) is 0 Å². The van der Waals surface area contributed by atoms with Gasteiger partial charge in [0.15, 0.2) is 0 Å². The SMILES string of the molecule is CCC(N)(CC)CNC(=O)C1CCC(NC(=O)CC2CCCCC2)CC1. The second-order valence-corrected chi connectivity index (χ2v) is 8.61. The van der Waals surface area contributed by atoms with Gasteiger partial charge in [-0.1, -0.05) is 33.1 Å². The van der Waals surface area contributed by atoms with Crippen LogP contribution in [0.2, 0.25) is 0 Å². The molecular weight excluding hydrogens is 326 g/mol. The summed E-state index contributed by atoms with van der Waals surface area (Å²) in [6.07, 6.45) is 12.2. The first-order valence-corrected chi connectivity index (χ1v) is 10.8. The number of carbonyl (C=O) groups excluding carboxylic acids is 2. The molecule has 0 aromatic heterocycles. The minimum atomic E-state index is -0.292. The molecule has 0 atom stereocenters. The summed E-state index contributed by atoms with van der Waals surface area (Å²) in [5.74, 6) is 0.997. The lowest BCUT2D eigenvalue weighted by Gasteiger charge is -2.31. The third-order valence-electron chi connectivity index (χ3n) is 6.68. The fourth-order valence-electron chi connectivity index (χ4n) is 4.35. The number of hydrogen-bond acceptors (Lipinski definition) is 3. The number of hydrogen-bond donors (Lipinski definition) is 3. The van der Waals surface area contributed by atoms with Crippen LogP contribution in [0.15, 0.2) is 0 Å². The summed E-state index contributed by atoms with van der Waals surface area (Å²) in [5, 5.41) is 6.26. The largest absolute Gasteiger partial charge is 0.354 e. The van der Waals surface area contributed by atoms with Gasteiger partial charge in [-0.3, -0.25) is 9.59 Å². The molecule has 2 rings (SSSR count). The highest BCUT2D eigenvalue weighted by molar-refractivity contribution is 5.79. The average molecular weight is 366 g/mol. The molecule has 0 bridgehead atoms. The van der Waals surface area contributed by atoms with Gasteiger partial charge in [0.05, 0.1) is 0 Å². The Balaban J connectivity index is 1.66. The Bertz CT molecular complexity index is 448. The van der Waals surface area contributed by atoms with Gasteiger partial charge in [-0.2, -0.15) is 0 Å². The molecule has 2 aliphatic carbocycles. The topological polar surface area (TPSA) is 84.2 Å². The molecule has 150 valence electrons. The van der Waals surface area contributed by atoms with E-state index in [2.05, 4.69) is 24.5 Å². The van der Waals surface area contributed by atoms with Crippen LogP contribution in [-0.4, -0.2) is 29.9 Å². The predicted octanol–water partition coefficient (Wildman–Crippen LogP) is 3.27. The van der Waals surface area contributed by atoms with Crippen molar-refractivity contribution in [2.75, 3.05) is 6.54 Å². The van der Waals surface area contributed by atoms with E-state index in [0.717, 1.165) is 38.5 Å². The van der Waals surface area contributed by atoms with Crippen molar-refractivity contribution < 1.29 is 9.59 Å². The normalized spacial score (nSPS) is 24.9. The van der Waals surface area contributed by atoms with Gasteiger partial charge in [0.1, 0.15) is 0 Å². The Morgan fingerprint density at radius 3 is 2.15 bits per heavy atom. The first kappa shape index (κ1) is 21.2. The lowest BCUT2D eigenvalue weighted by Crippen LogP contribution is -2.50. The molecule has 2 saturated carbocycles. The van der Waals surface area contributed by atoms with Crippen LogP contribution < -0.4 is 16.4 Å². The fraction of sp³-hybridized carbons (Fsp3) is 0.905. The van der Waals surface area contributed by atoms with Crippen molar-refractivity contribution in [2.24, 2.45) is 17.6 Å². The Morgan fingerprint density at radius 2 is 1.58 bits per heavy atom. The zero-order valence-electron chi connectivity index (χ0n) is 16.8. The van der Waals surface area contributed by atoms with E-state index in [1.165, 1.54) is 32.1 Å². The molecule has 0 saturated heterocycles. The summed E-state index contributed by atoms with van der Waals surface area (Å²) < 4.78 is 0. The van der Waals surface area contributed by atoms with Gasteiger partial charge in [0, 0.05) is 30.5 Å². The first-order chi connectivity index (χ1) is 12.5. The summed E-state index contributed by atoms with van der Waals surface area (Å²) in [6, 6.07) is 0.245. The van der Waals surface area contributed by atoms with Crippen molar-refractivity contribution in [3.63, 3.8) is 0 Å². The van der Waals surface area contributed by atoms with Gasteiger partial charge in [0.2, 0.25) is 11.8 Å². The highest BCUT2D eigenvalue weighted by Crippen LogP contribution is 2.28. The summed E-state index contributed by atoms with van der Waals surface area (Å²) in [4.78, 5) is 24.7. The summed E-state index contributed by atoms with van der Waals surface area (Å²) in [7, 11) is 0. The minimum absolute atomic E-state index is 0.0689. The van der Waals surface area contributed by atoms with Crippen molar-refractivity contribution in [1.82, 2.24) is 10.6 Å². The molecule has 2 aliphatic rings. The molecule has 0 aliphatic heterocycles. The van der Waals surface area contributed by atoms with Gasteiger partial charge < -0.3 is 16.4 Å². The maximum absolute atomic E-state index is 12.4. The van der Waals surface area contributed by atoms with E-state index in [1.54, 1.807) is 0 Å². The quantitative estimate of drug-likeness (QED) is 0.617. The minimum Gasteiger partial charge on any atom is -0.354 e. The Labute approximate surface area is 159 Å². The predicted molar refractivity (Wildman–Crippen MR) is 106 cm³/mol. The maximum atomic E-state index is 12.4. The van der Waals surface area contributed by atoms with E-state index in [0.29, 0.717) is 18.9 Å². The molecule has 0 unspecified atom stereocenters. The zero-order chi connectivity index (χ0) is 19.0. The molecule has 0 aromatic carbocycles. The molecule has 0 spiro atoms. The Kier molecular flexibility index (Phi) is 8.39. The van der Waals surface area contributed by atoms with E-state index in [9.17, 15) is 9.59 Å². The highest BCUT2D eigenvalue weighted by atomic mass is 16.2.